The lowest BCUT2D eigenvalue weighted by molar-refractivity contribution is -0.119. The Morgan fingerprint density at radius 3 is 2.92 bits per heavy atom. The molecule has 128 valence electrons. The third kappa shape index (κ3) is 3.82. The van der Waals surface area contributed by atoms with Gasteiger partial charge in [-0.25, -0.2) is 4.98 Å². The summed E-state index contributed by atoms with van der Waals surface area (Å²) in [6.45, 7) is 3.50. The van der Waals surface area contributed by atoms with E-state index in [9.17, 15) is 4.79 Å². The normalized spacial score (nSPS) is 18.5. The molecule has 1 N–H and O–H groups in total. The first-order valence-electron chi connectivity index (χ1n) is 8.30. The number of hydrogen-bond donors (Lipinski definition) is 1. The van der Waals surface area contributed by atoms with Crippen LogP contribution in [0.4, 0.5) is 0 Å². The fourth-order valence-electron chi connectivity index (χ4n) is 2.88. The maximum Gasteiger partial charge on any atom is 0.233 e. The summed E-state index contributed by atoms with van der Waals surface area (Å²) in [5.41, 5.74) is 2.19. The Kier molecular flexibility index (Phi) is 5.58. The number of carbonyl (C=O) groups excluding carboxylic acids is 1. The molecule has 1 saturated heterocycles. The van der Waals surface area contributed by atoms with Gasteiger partial charge < -0.3 is 14.6 Å². The Balaban J connectivity index is 1.90. The minimum atomic E-state index is -0.190. The van der Waals surface area contributed by atoms with Crippen LogP contribution in [0.25, 0.3) is 11.3 Å². The van der Waals surface area contributed by atoms with E-state index in [4.69, 9.17) is 4.74 Å². The van der Waals surface area contributed by atoms with Crippen molar-refractivity contribution in [3.8, 4) is 11.3 Å². The van der Waals surface area contributed by atoms with Gasteiger partial charge in [0.2, 0.25) is 5.91 Å². The monoisotopic (exact) mass is 345 g/mol. The molecule has 0 radical (unpaired) electrons. The minimum Gasteiger partial charge on any atom is -0.376 e. The van der Waals surface area contributed by atoms with Crippen molar-refractivity contribution < 1.29 is 9.53 Å². The van der Waals surface area contributed by atoms with E-state index in [1.165, 1.54) is 11.8 Å². The lowest BCUT2D eigenvalue weighted by Crippen LogP contribution is -2.27. The fraction of sp³-hybridized carbons (Fsp3) is 0.444. The Bertz CT molecular complexity index is 681. The van der Waals surface area contributed by atoms with Crippen molar-refractivity contribution in [2.24, 2.45) is 0 Å². The predicted octanol–water partition coefficient (Wildman–Crippen LogP) is 2.96. The molecular weight excluding hydrogens is 322 g/mol. The van der Waals surface area contributed by atoms with Crippen LogP contribution in [0.3, 0.4) is 0 Å². The van der Waals surface area contributed by atoms with Gasteiger partial charge in [0, 0.05) is 13.7 Å². The van der Waals surface area contributed by atoms with E-state index < -0.39 is 0 Å². The highest BCUT2D eigenvalue weighted by Crippen LogP contribution is 2.30. The average Bonchev–Trinajstić information content (AvgIpc) is 3.26. The van der Waals surface area contributed by atoms with E-state index >= 15 is 0 Å². The molecule has 1 aliphatic heterocycles. The van der Waals surface area contributed by atoms with Crippen LogP contribution >= 0.6 is 11.8 Å². The van der Waals surface area contributed by atoms with Crippen LogP contribution in [0, 0.1) is 0 Å². The number of hydrogen-bond acceptors (Lipinski definition) is 4. The average molecular weight is 345 g/mol. The van der Waals surface area contributed by atoms with Gasteiger partial charge in [0.1, 0.15) is 0 Å². The molecule has 3 rings (SSSR count). The second-order valence-electron chi connectivity index (χ2n) is 5.91. The number of amides is 1. The van der Waals surface area contributed by atoms with E-state index in [0.717, 1.165) is 42.4 Å². The van der Waals surface area contributed by atoms with Crippen LogP contribution in [-0.4, -0.2) is 40.5 Å². The third-order valence-electron chi connectivity index (χ3n) is 4.20. The smallest absolute Gasteiger partial charge is 0.233 e. The highest BCUT2D eigenvalue weighted by atomic mass is 32.2. The van der Waals surface area contributed by atoms with Gasteiger partial charge in [0.15, 0.2) is 5.16 Å². The van der Waals surface area contributed by atoms with Gasteiger partial charge in [-0.05, 0) is 25.3 Å². The molecular formula is C18H23N3O2S. The molecule has 1 aliphatic rings. The summed E-state index contributed by atoms with van der Waals surface area (Å²) in [4.78, 5) is 16.4. The maximum atomic E-state index is 11.9. The minimum absolute atomic E-state index is 0.00734. The van der Waals surface area contributed by atoms with Gasteiger partial charge >= 0.3 is 0 Å². The SMILES string of the molecule is CNC(=O)C(C)Sc1ncc(-c2ccccc2)n1CC1CCCO1. The van der Waals surface area contributed by atoms with Gasteiger partial charge in [-0.3, -0.25) is 4.79 Å². The van der Waals surface area contributed by atoms with Crippen LogP contribution in [-0.2, 0) is 16.1 Å². The zero-order chi connectivity index (χ0) is 16.9. The molecule has 2 heterocycles. The van der Waals surface area contributed by atoms with Gasteiger partial charge in [-0.2, -0.15) is 0 Å². The summed E-state index contributed by atoms with van der Waals surface area (Å²) in [7, 11) is 1.66. The summed E-state index contributed by atoms with van der Waals surface area (Å²) in [6.07, 6.45) is 4.29. The Labute approximate surface area is 146 Å². The zero-order valence-electron chi connectivity index (χ0n) is 14.1. The lowest BCUT2D eigenvalue weighted by atomic mass is 10.1. The Hall–Kier alpha value is -1.79. The standard InChI is InChI=1S/C18H23N3O2S/c1-13(17(22)19-2)24-18-20-11-16(14-7-4-3-5-8-14)21(18)12-15-9-6-10-23-15/h3-5,7-8,11,13,15H,6,9-10,12H2,1-2H3,(H,19,22). The Morgan fingerprint density at radius 2 is 2.25 bits per heavy atom. The molecule has 1 fully saturated rings. The van der Waals surface area contributed by atoms with Crippen LogP contribution in [0.5, 0.6) is 0 Å². The quantitative estimate of drug-likeness (QED) is 0.818. The fourth-order valence-corrected chi connectivity index (χ4v) is 3.83. The number of thioether (sulfide) groups is 1. The molecule has 24 heavy (non-hydrogen) atoms. The molecule has 2 atom stereocenters. The zero-order valence-corrected chi connectivity index (χ0v) is 14.9. The number of imidazole rings is 1. The lowest BCUT2D eigenvalue weighted by Gasteiger charge is -2.17. The van der Waals surface area contributed by atoms with Crippen molar-refractivity contribution in [1.82, 2.24) is 14.9 Å². The highest BCUT2D eigenvalue weighted by Gasteiger charge is 2.23. The second kappa shape index (κ2) is 7.85. The van der Waals surface area contributed by atoms with Crippen LogP contribution in [0.1, 0.15) is 19.8 Å². The van der Waals surface area contributed by atoms with Crippen molar-refractivity contribution >= 4 is 17.7 Å². The summed E-state index contributed by atoms with van der Waals surface area (Å²) in [5.74, 6) is 0.00734. The molecule has 2 aromatic rings. The van der Waals surface area contributed by atoms with Crippen molar-refractivity contribution in [1.29, 1.82) is 0 Å². The van der Waals surface area contributed by atoms with Crippen molar-refractivity contribution in [3.05, 3.63) is 36.5 Å². The summed E-state index contributed by atoms with van der Waals surface area (Å²) in [6, 6.07) is 10.2. The van der Waals surface area contributed by atoms with Crippen LogP contribution < -0.4 is 5.32 Å². The number of ether oxygens (including phenoxy) is 1. The highest BCUT2D eigenvalue weighted by molar-refractivity contribution is 8.00. The first-order chi connectivity index (χ1) is 11.7. The number of aromatic nitrogens is 2. The molecule has 1 aromatic carbocycles. The molecule has 2 unspecified atom stereocenters. The second-order valence-corrected chi connectivity index (χ2v) is 7.22. The summed E-state index contributed by atoms with van der Waals surface area (Å²) >= 11 is 1.49. The largest absolute Gasteiger partial charge is 0.376 e. The maximum absolute atomic E-state index is 11.9. The van der Waals surface area contributed by atoms with Gasteiger partial charge in [-0.15, -0.1) is 0 Å². The summed E-state index contributed by atoms with van der Waals surface area (Å²) < 4.78 is 8.00. The van der Waals surface area contributed by atoms with E-state index in [2.05, 4.69) is 27.0 Å². The number of carbonyl (C=O) groups is 1. The topological polar surface area (TPSA) is 56.2 Å². The number of benzene rings is 1. The molecule has 5 nitrogen and oxygen atoms in total. The van der Waals surface area contributed by atoms with Crippen LogP contribution in [0.15, 0.2) is 41.7 Å². The molecule has 1 aromatic heterocycles. The number of nitrogens with one attached hydrogen (secondary N) is 1. The van der Waals surface area contributed by atoms with E-state index in [-0.39, 0.29) is 17.3 Å². The predicted molar refractivity (Wildman–Crippen MR) is 96.0 cm³/mol. The molecule has 0 saturated carbocycles. The van der Waals surface area contributed by atoms with Gasteiger partial charge in [0.05, 0.1) is 29.8 Å². The molecule has 0 bridgehead atoms. The van der Waals surface area contributed by atoms with Crippen molar-refractivity contribution in [2.75, 3.05) is 13.7 Å². The molecule has 6 heteroatoms. The first-order valence-corrected chi connectivity index (χ1v) is 9.18. The van der Waals surface area contributed by atoms with E-state index in [1.807, 2.05) is 31.3 Å². The number of rotatable bonds is 6. The van der Waals surface area contributed by atoms with E-state index in [0.29, 0.717) is 0 Å². The third-order valence-corrected chi connectivity index (χ3v) is 5.30. The van der Waals surface area contributed by atoms with Gasteiger partial charge in [0.25, 0.3) is 0 Å². The molecule has 1 amide bonds. The Morgan fingerprint density at radius 1 is 1.46 bits per heavy atom. The van der Waals surface area contributed by atoms with Crippen LogP contribution in [0.2, 0.25) is 0 Å². The van der Waals surface area contributed by atoms with Gasteiger partial charge in [-0.1, -0.05) is 42.1 Å². The van der Waals surface area contributed by atoms with Crippen molar-refractivity contribution in [3.63, 3.8) is 0 Å². The molecule has 0 spiro atoms. The summed E-state index contributed by atoms with van der Waals surface area (Å²) in [5, 5.41) is 3.37. The van der Waals surface area contributed by atoms with E-state index in [1.54, 1.807) is 7.05 Å². The van der Waals surface area contributed by atoms with Crippen molar-refractivity contribution in [2.45, 2.75) is 42.8 Å². The number of nitrogens with zero attached hydrogens (tertiary/aromatic N) is 2. The first kappa shape index (κ1) is 17.0. The molecule has 0 aliphatic carbocycles.